The Balaban J connectivity index is 0. The van der Waals surface area contributed by atoms with Gasteiger partial charge in [-0.2, -0.15) is 13.5 Å². The molecule has 0 aliphatic heterocycles. The summed E-state index contributed by atoms with van der Waals surface area (Å²) in [6.07, 6.45) is 0. The van der Waals surface area contributed by atoms with Crippen LogP contribution in [-0.2, 0) is 44.4 Å². The van der Waals surface area contributed by atoms with Gasteiger partial charge in [-0.05, 0) is 0 Å². The van der Waals surface area contributed by atoms with Crippen LogP contribution in [0.3, 0.4) is 0 Å². The minimum atomic E-state index is 0. The fourth-order valence-corrected chi connectivity index (χ4v) is 0. The van der Waals surface area contributed by atoms with E-state index in [2.05, 4.69) is 0 Å². The topological polar surface area (TPSA) is 0 Å². The third kappa shape index (κ3) is 8.82. The van der Waals surface area contributed by atoms with E-state index in [9.17, 15) is 0 Å². The first kappa shape index (κ1) is 30.7. The molecule has 0 unspecified atom stereocenters. The van der Waals surface area contributed by atoms with Gasteiger partial charge in [0.25, 0.3) is 0 Å². The average molecular weight is 331 g/mol. The monoisotopic (exact) mass is 333 g/mol. The quantitative estimate of drug-likeness (QED) is 0.510. The summed E-state index contributed by atoms with van der Waals surface area (Å²) in [6.45, 7) is 0. The van der Waals surface area contributed by atoms with Crippen molar-refractivity contribution in [2.45, 2.75) is 0 Å². The van der Waals surface area contributed by atoms with Crippen molar-refractivity contribution in [2.24, 2.45) is 0 Å². The fraction of sp³-hybridized carbons (Fsp3) is 0. The standard InChI is InChI=1S/Cd.Cu.H2S.Sn.2H/h;;1H2;;;. The molecule has 0 aromatic heterocycles. The van der Waals surface area contributed by atoms with E-state index in [0.717, 1.165) is 0 Å². The Morgan fingerprint density at radius 1 is 1.00 bits per heavy atom. The summed E-state index contributed by atoms with van der Waals surface area (Å²) in [5, 5.41) is 0. The molecule has 0 saturated heterocycles. The van der Waals surface area contributed by atoms with Gasteiger partial charge in [-0.15, -0.1) is 0 Å². The van der Waals surface area contributed by atoms with Crippen LogP contribution in [-0.4, -0.2) is 23.9 Å². The number of rotatable bonds is 0. The molecule has 0 bridgehead atoms. The van der Waals surface area contributed by atoms with Crippen molar-refractivity contribution in [1.29, 1.82) is 0 Å². The molecule has 0 atom stereocenters. The van der Waals surface area contributed by atoms with Crippen LogP contribution in [0, 0.1) is 0 Å². The van der Waals surface area contributed by atoms with Crippen LogP contribution < -0.4 is 0 Å². The Labute approximate surface area is 80.5 Å². The third-order valence-electron chi connectivity index (χ3n) is 0. The maximum absolute atomic E-state index is 0. The maximum atomic E-state index is 0. The predicted molar refractivity (Wildman–Crippen MR) is 18.9 cm³/mol. The molecular weight excluding hydrogens is 327 g/mol. The molecule has 0 aromatic carbocycles. The van der Waals surface area contributed by atoms with Crippen molar-refractivity contribution in [2.75, 3.05) is 0 Å². The van der Waals surface area contributed by atoms with E-state index >= 15 is 0 Å². The zero-order chi connectivity index (χ0) is 0. The molecule has 0 aliphatic rings. The SMILES string of the molecule is S.[Cd].[Cu].[SnH2]. The Hall–Kier alpha value is 2.59. The number of hydrogen-bond acceptors (Lipinski definition) is 0. The summed E-state index contributed by atoms with van der Waals surface area (Å²) < 4.78 is 0. The van der Waals surface area contributed by atoms with Gasteiger partial charge in [0.15, 0.2) is 0 Å². The molecule has 0 aromatic rings. The molecule has 4 heavy (non-hydrogen) atoms. The third-order valence-corrected chi connectivity index (χ3v) is 0. The first-order chi connectivity index (χ1) is 0. The van der Waals surface area contributed by atoms with Gasteiger partial charge in [0.1, 0.15) is 0 Å². The second-order valence-electron chi connectivity index (χ2n) is 0. The van der Waals surface area contributed by atoms with E-state index in [0.29, 0.717) is 0 Å². The molecular formula is H4CdCuSSn. The van der Waals surface area contributed by atoms with Gasteiger partial charge in [0.05, 0.1) is 0 Å². The van der Waals surface area contributed by atoms with Crippen LogP contribution in [0.4, 0.5) is 0 Å². The molecule has 0 spiro atoms. The predicted octanol–water partition coefficient (Wildman–Crippen LogP) is -0.808. The van der Waals surface area contributed by atoms with E-state index in [-0.39, 0.29) is 81.8 Å². The zero-order valence-electron chi connectivity index (χ0n) is 2.22. The van der Waals surface area contributed by atoms with Crippen molar-refractivity contribution in [3.63, 3.8) is 0 Å². The minimum absolute atomic E-state index is 0. The average Bonchev–Trinajstić information content (AvgIpc) is 0. The summed E-state index contributed by atoms with van der Waals surface area (Å²) >= 11 is 0. The Kier molecular flexibility index (Phi) is 135. The van der Waals surface area contributed by atoms with E-state index in [4.69, 9.17) is 0 Å². The Morgan fingerprint density at radius 3 is 1.00 bits per heavy atom. The molecule has 0 saturated carbocycles. The fourth-order valence-electron chi connectivity index (χ4n) is 0. The zero-order valence-corrected chi connectivity index (χ0v) is 12.2. The van der Waals surface area contributed by atoms with E-state index in [1.165, 1.54) is 0 Å². The van der Waals surface area contributed by atoms with Crippen molar-refractivity contribution >= 4 is 37.4 Å². The molecule has 0 fully saturated rings. The van der Waals surface area contributed by atoms with Crippen LogP contribution in [0.5, 0.6) is 0 Å². The first-order valence-corrected chi connectivity index (χ1v) is 0. The van der Waals surface area contributed by atoms with Crippen LogP contribution in [0.1, 0.15) is 0 Å². The second-order valence-corrected chi connectivity index (χ2v) is 0. The van der Waals surface area contributed by atoms with Crippen molar-refractivity contribution < 1.29 is 44.4 Å². The summed E-state index contributed by atoms with van der Waals surface area (Å²) in [5.41, 5.74) is 0. The summed E-state index contributed by atoms with van der Waals surface area (Å²) in [6, 6.07) is 0. The molecule has 3 radical (unpaired) electrons. The van der Waals surface area contributed by atoms with E-state index < -0.39 is 0 Å². The van der Waals surface area contributed by atoms with Gasteiger partial charge in [-0.3, -0.25) is 0 Å². The van der Waals surface area contributed by atoms with Crippen molar-refractivity contribution in [3.8, 4) is 0 Å². The Bertz CT molecular complexity index is 8.00. The molecule has 0 nitrogen and oxygen atoms in total. The van der Waals surface area contributed by atoms with Crippen LogP contribution in [0.25, 0.3) is 0 Å². The van der Waals surface area contributed by atoms with Crippen molar-refractivity contribution in [1.82, 2.24) is 0 Å². The second kappa shape index (κ2) is 17.6. The summed E-state index contributed by atoms with van der Waals surface area (Å²) in [7, 11) is 0. The number of hydrogen-bond donors (Lipinski definition) is 0. The van der Waals surface area contributed by atoms with E-state index in [1.54, 1.807) is 0 Å². The molecule has 0 aliphatic carbocycles. The summed E-state index contributed by atoms with van der Waals surface area (Å²) in [4.78, 5) is 0. The van der Waals surface area contributed by atoms with Gasteiger partial charge >= 0.3 is 23.9 Å². The molecule has 0 heterocycles. The van der Waals surface area contributed by atoms with Gasteiger partial charge in [-0.1, -0.05) is 0 Å². The molecule has 0 amide bonds. The van der Waals surface area contributed by atoms with Crippen LogP contribution in [0.2, 0.25) is 0 Å². The van der Waals surface area contributed by atoms with Gasteiger partial charge in [-0.25, -0.2) is 0 Å². The van der Waals surface area contributed by atoms with Crippen LogP contribution in [0.15, 0.2) is 0 Å². The van der Waals surface area contributed by atoms with Gasteiger partial charge in [0, 0.05) is 44.4 Å². The summed E-state index contributed by atoms with van der Waals surface area (Å²) in [5.74, 6) is 0. The van der Waals surface area contributed by atoms with Crippen molar-refractivity contribution in [3.05, 3.63) is 0 Å². The normalized spacial score (nSPS) is 0. The molecule has 0 N–H and O–H groups in total. The molecule has 4 heteroatoms. The van der Waals surface area contributed by atoms with E-state index in [1.807, 2.05) is 0 Å². The molecule has 27 valence electrons. The molecule has 0 rings (SSSR count). The Morgan fingerprint density at radius 2 is 1.00 bits per heavy atom. The van der Waals surface area contributed by atoms with Crippen LogP contribution >= 0.6 is 13.5 Å². The van der Waals surface area contributed by atoms with Gasteiger partial charge in [0.2, 0.25) is 0 Å². The van der Waals surface area contributed by atoms with Gasteiger partial charge < -0.3 is 0 Å². The first-order valence-electron chi connectivity index (χ1n) is 0.